The van der Waals surface area contributed by atoms with Crippen molar-refractivity contribution in [2.45, 2.75) is 57.3 Å². The van der Waals surface area contributed by atoms with Gasteiger partial charge >= 0.3 is 0 Å². The molecule has 0 aromatic heterocycles. The van der Waals surface area contributed by atoms with Crippen molar-refractivity contribution < 1.29 is 14.4 Å². The zero-order valence-corrected chi connectivity index (χ0v) is 27.8. The fourth-order valence-corrected chi connectivity index (χ4v) is 8.86. The van der Waals surface area contributed by atoms with Crippen LogP contribution in [0.15, 0.2) is 90.6 Å². The molecule has 4 aromatic carbocycles. The van der Waals surface area contributed by atoms with Gasteiger partial charge in [0, 0.05) is 27.6 Å². The standard InChI is InChI=1S/C40H35N3O3S/c1-38(2)28-12-8-6-11-24(28)26-19-32-33(20-30(26)38)43(34(16-17-44)39(32,3)4)22-14-15-25-23-10-7-9-13-29(23)40(5,31(25)18-22)21-27-35(45)41-37(47)42-36(27)46/h6-20,27H,21H2,1-5H3,(H2,41,42,45,46,47)/b34-16+. The topological polar surface area (TPSA) is 78.5 Å². The van der Waals surface area contributed by atoms with Crippen LogP contribution in [0.4, 0.5) is 11.4 Å². The molecule has 2 aliphatic carbocycles. The minimum Gasteiger partial charge on any atom is -0.313 e. The number of aldehydes is 1. The van der Waals surface area contributed by atoms with E-state index in [1.165, 1.54) is 22.3 Å². The first-order valence-corrected chi connectivity index (χ1v) is 16.4. The van der Waals surface area contributed by atoms with Crippen molar-refractivity contribution in [3.63, 3.8) is 0 Å². The molecule has 47 heavy (non-hydrogen) atoms. The molecule has 1 fully saturated rings. The molecule has 2 N–H and O–H groups in total. The van der Waals surface area contributed by atoms with Crippen molar-refractivity contribution in [1.82, 2.24) is 10.6 Å². The van der Waals surface area contributed by atoms with Crippen LogP contribution in [-0.2, 0) is 30.6 Å². The van der Waals surface area contributed by atoms with Gasteiger partial charge in [0.25, 0.3) is 0 Å². The van der Waals surface area contributed by atoms with Crippen molar-refractivity contribution >= 4 is 46.8 Å². The van der Waals surface area contributed by atoms with Crippen LogP contribution in [0, 0.1) is 5.92 Å². The number of thiocarbonyl (C=S) groups is 1. The van der Waals surface area contributed by atoms with E-state index in [1.54, 1.807) is 6.08 Å². The second-order valence-electron chi connectivity index (χ2n) is 14.4. The minimum atomic E-state index is -0.905. The van der Waals surface area contributed by atoms with Crippen molar-refractivity contribution in [1.29, 1.82) is 0 Å². The van der Waals surface area contributed by atoms with E-state index in [0.29, 0.717) is 0 Å². The summed E-state index contributed by atoms with van der Waals surface area (Å²) in [4.78, 5) is 40.6. The molecule has 2 aliphatic heterocycles. The van der Waals surface area contributed by atoms with Gasteiger partial charge in [-0.3, -0.25) is 14.4 Å². The van der Waals surface area contributed by atoms with Crippen LogP contribution in [0.3, 0.4) is 0 Å². The van der Waals surface area contributed by atoms with Gasteiger partial charge in [0.2, 0.25) is 11.8 Å². The lowest BCUT2D eigenvalue weighted by Crippen LogP contribution is -2.56. The van der Waals surface area contributed by atoms with Gasteiger partial charge in [-0.15, -0.1) is 0 Å². The largest absolute Gasteiger partial charge is 0.313 e. The molecule has 234 valence electrons. The zero-order valence-electron chi connectivity index (χ0n) is 27.0. The molecule has 0 radical (unpaired) electrons. The highest BCUT2D eigenvalue weighted by atomic mass is 32.1. The zero-order chi connectivity index (χ0) is 33.0. The van der Waals surface area contributed by atoms with E-state index in [4.69, 9.17) is 12.2 Å². The molecule has 1 saturated heterocycles. The Balaban J connectivity index is 1.31. The van der Waals surface area contributed by atoms with E-state index in [9.17, 15) is 14.4 Å². The van der Waals surface area contributed by atoms with E-state index in [-0.39, 0.29) is 28.8 Å². The SMILES string of the molecule is CC1(C)/C(=C\C=O)N(c2ccc3c(c2)C(C)(CC2C(=O)NC(=S)NC2=O)c2ccccc2-3)c2cc3c(cc21)-c1ccccc1C3(C)C. The number of allylic oxidation sites excluding steroid dienone is 2. The fraction of sp³-hybridized carbons (Fsp3) is 0.250. The van der Waals surface area contributed by atoms with Crippen LogP contribution in [0.1, 0.15) is 68.9 Å². The molecule has 4 aromatic rings. The molecule has 7 heteroatoms. The van der Waals surface area contributed by atoms with Crippen LogP contribution in [-0.4, -0.2) is 23.2 Å². The summed E-state index contributed by atoms with van der Waals surface area (Å²) in [5.41, 5.74) is 12.1. The number of hydrogen-bond acceptors (Lipinski definition) is 5. The summed E-state index contributed by atoms with van der Waals surface area (Å²) in [5, 5.41) is 5.32. The van der Waals surface area contributed by atoms with Crippen molar-refractivity contribution in [3.05, 3.63) is 118 Å². The first-order valence-electron chi connectivity index (χ1n) is 16.0. The highest BCUT2D eigenvalue weighted by Gasteiger charge is 2.48. The Labute approximate surface area is 279 Å². The van der Waals surface area contributed by atoms with Crippen LogP contribution in [0.2, 0.25) is 0 Å². The highest BCUT2D eigenvalue weighted by Crippen LogP contribution is 2.59. The summed E-state index contributed by atoms with van der Waals surface area (Å²) in [5.74, 6) is -1.67. The van der Waals surface area contributed by atoms with Crippen LogP contribution < -0.4 is 15.5 Å². The first-order chi connectivity index (χ1) is 22.4. The van der Waals surface area contributed by atoms with Gasteiger partial charge in [0.1, 0.15) is 12.2 Å². The first kappa shape index (κ1) is 29.5. The smallest absolute Gasteiger partial charge is 0.238 e. The van der Waals surface area contributed by atoms with E-state index in [1.807, 2.05) is 12.1 Å². The molecule has 2 heterocycles. The lowest BCUT2D eigenvalue weighted by Gasteiger charge is -2.33. The maximum atomic E-state index is 13.1. The summed E-state index contributed by atoms with van der Waals surface area (Å²) in [7, 11) is 0. The van der Waals surface area contributed by atoms with Crippen LogP contribution >= 0.6 is 12.2 Å². The summed E-state index contributed by atoms with van der Waals surface area (Å²) in [6.45, 7) is 11.0. The molecule has 2 amide bonds. The lowest BCUT2D eigenvalue weighted by molar-refractivity contribution is -0.135. The van der Waals surface area contributed by atoms with E-state index in [0.717, 1.165) is 51.2 Å². The summed E-state index contributed by atoms with van der Waals surface area (Å²) in [6, 6.07) is 27.9. The van der Waals surface area contributed by atoms with Crippen molar-refractivity contribution in [3.8, 4) is 22.3 Å². The third kappa shape index (κ3) is 3.96. The number of carbonyl (C=O) groups excluding carboxylic acids is 3. The number of hydrogen-bond donors (Lipinski definition) is 2. The average molecular weight is 638 g/mol. The Morgan fingerprint density at radius 3 is 2.00 bits per heavy atom. The second-order valence-corrected chi connectivity index (χ2v) is 14.8. The Morgan fingerprint density at radius 2 is 1.32 bits per heavy atom. The lowest BCUT2D eigenvalue weighted by atomic mass is 9.72. The number of amides is 2. The predicted octanol–water partition coefficient (Wildman–Crippen LogP) is 7.33. The van der Waals surface area contributed by atoms with Gasteiger partial charge in [-0.2, -0.15) is 0 Å². The molecule has 0 bridgehead atoms. The van der Waals surface area contributed by atoms with Crippen LogP contribution in [0.5, 0.6) is 0 Å². The molecule has 8 rings (SSSR count). The third-order valence-corrected chi connectivity index (χ3v) is 11.3. The minimum absolute atomic E-state index is 0.0403. The number of fused-ring (bicyclic) bond motifs is 7. The van der Waals surface area contributed by atoms with Gasteiger partial charge < -0.3 is 15.5 Å². The fourth-order valence-electron chi connectivity index (χ4n) is 8.66. The van der Waals surface area contributed by atoms with Gasteiger partial charge in [-0.1, -0.05) is 89.2 Å². The highest BCUT2D eigenvalue weighted by molar-refractivity contribution is 7.80. The van der Waals surface area contributed by atoms with E-state index < -0.39 is 16.7 Å². The molecule has 6 nitrogen and oxygen atoms in total. The summed E-state index contributed by atoms with van der Waals surface area (Å²) < 4.78 is 0. The molecular formula is C40H35N3O3S. The summed E-state index contributed by atoms with van der Waals surface area (Å²) >= 11 is 5.08. The van der Waals surface area contributed by atoms with Gasteiger partial charge in [0.15, 0.2) is 5.11 Å². The summed E-state index contributed by atoms with van der Waals surface area (Å²) in [6.07, 6.45) is 2.84. The number of carbonyl (C=O) groups is 3. The Morgan fingerprint density at radius 1 is 0.702 bits per heavy atom. The van der Waals surface area contributed by atoms with Gasteiger partial charge in [-0.05, 0) is 99.1 Å². The van der Waals surface area contributed by atoms with Crippen molar-refractivity contribution in [2.24, 2.45) is 5.92 Å². The number of anilines is 2. The molecule has 0 saturated carbocycles. The quantitative estimate of drug-likeness (QED) is 0.106. The Kier molecular flexibility index (Phi) is 6.16. The maximum Gasteiger partial charge on any atom is 0.238 e. The molecular weight excluding hydrogens is 603 g/mol. The normalized spacial score (nSPS) is 22.3. The average Bonchev–Trinajstić information content (AvgIpc) is 3.52. The second kappa shape index (κ2) is 9.81. The maximum absolute atomic E-state index is 13.1. The van der Waals surface area contributed by atoms with E-state index in [2.05, 4.69) is 117 Å². The van der Waals surface area contributed by atoms with E-state index >= 15 is 0 Å². The van der Waals surface area contributed by atoms with Gasteiger partial charge in [-0.25, -0.2) is 0 Å². The Bertz CT molecular complexity index is 2120. The molecule has 0 spiro atoms. The monoisotopic (exact) mass is 637 g/mol. The number of benzene rings is 4. The Hall–Kier alpha value is -4.88. The number of nitrogens with zero attached hydrogens (tertiary/aromatic N) is 1. The van der Waals surface area contributed by atoms with Crippen molar-refractivity contribution in [2.75, 3.05) is 4.90 Å². The third-order valence-electron chi connectivity index (χ3n) is 11.1. The van der Waals surface area contributed by atoms with Gasteiger partial charge in [0.05, 0.1) is 5.69 Å². The molecule has 1 atom stereocenters. The van der Waals surface area contributed by atoms with Crippen LogP contribution in [0.25, 0.3) is 22.3 Å². The number of nitrogens with one attached hydrogen (secondary N) is 2. The molecule has 1 unspecified atom stereocenters. The molecule has 4 aliphatic rings. The predicted molar refractivity (Wildman–Crippen MR) is 189 cm³/mol. The number of rotatable bonds is 4.